The largest absolute Gasteiger partial charge is 0.478 e. The molecule has 0 atom stereocenters. The topological polar surface area (TPSA) is 96.8 Å². The van der Waals surface area contributed by atoms with Gasteiger partial charge in [-0.15, -0.1) is 0 Å². The minimum Gasteiger partial charge on any atom is -0.478 e. The molecule has 174 valence electrons. The number of rotatable bonds is 5. The van der Waals surface area contributed by atoms with Gasteiger partial charge in [0.2, 0.25) is 10.0 Å². The van der Waals surface area contributed by atoms with Gasteiger partial charge in [0.1, 0.15) is 4.90 Å². The number of halogens is 2. The van der Waals surface area contributed by atoms with Crippen molar-refractivity contribution in [2.24, 2.45) is 0 Å². The summed E-state index contributed by atoms with van der Waals surface area (Å²) in [5.74, 6) is -1.16. The molecule has 33 heavy (non-hydrogen) atoms. The normalized spacial score (nSPS) is 15.6. The third-order valence-electron chi connectivity index (χ3n) is 5.89. The molecule has 10 heteroatoms. The van der Waals surface area contributed by atoms with Crippen molar-refractivity contribution in [3.05, 3.63) is 69.3 Å². The highest BCUT2D eigenvalue weighted by molar-refractivity contribution is 7.89. The molecule has 0 unspecified atom stereocenters. The molecule has 0 saturated carbocycles. The van der Waals surface area contributed by atoms with Crippen molar-refractivity contribution in [2.75, 3.05) is 26.3 Å². The second kappa shape index (κ2) is 8.85. The Balaban J connectivity index is 2.06. The van der Waals surface area contributed by atoms with Crippen LogP contribution in [-0.4, -0.2) is 55.1 Å². The minimum atomic E-state index is -3.96. The van der Waals surface area contributed by atoms with Crippen LogP contribution in [0.3, 0.4) is 0 Å². The van der Waals surface area contributed by atoms with Crippen LogP contribution in [0.5, 0.6) is 0 Å². The Hall–Kier alpha value is -2.23. The van der Waals surface area contributed by atoms with Gasteiger partial charge in [-0.3, -0.25) is 4.98 Å². The van der Waals surface area contributed by atoms with Crippen molar-refractivity contribution in [3.63, 3.8) is 0 Å². The van der Waals surface area contributed by atoms with Crippen LogP contribution in [0.2, 0.25) is 10.0 Å². The Morgan fingerprint density at radius 1 is 1.09 bits per heavy atom. The van der Waals surface area contributed by atoms with E-state index in [9.17, 15) is 18.3 Å². The number of aromatic carboxylic acids is 1. The monoisotopic (exact) mass is 508 g/mol. The molecule has 0 bridgehead atoms. The number of aromatic nitrogens is 1. The highest BCUT2D eigenvalue weighted by atomic mass is 35.5. The summed E-state index contributed by atoms with van der Waals surface area (Å²) in [4.78, 5) is 16.5. The molecule has 0 radical (unpaired) electrons. The Labute approximate surface area is 201 Å². The Bertz CT molecular complexity index is 1350. The second-order valence-corrected chi connectivity index (χ2v) is 11.1. The Morgan fingerprint density at radius 3 is 2.39 bits per heavy atom. The van der Waals surface area contributed by atoms with Crippen molar-refractivity contribution < 1.29 is 23.1 Å². The fourth-order valence-corrected chi connectivity index (χ4v) is 6.35. The van der Waals surface area contributed by atoms with Crippen LogP contribution in [0.25, 0.3) is 10.9 Å². The van der Waals surface area contributed by atoms with Crippen LogP contribution in [0.4, 0.5) is 0 Å². The van der Waals surface area contributed by atoms with E-state index in [1.807, 2.05) is 0 Å². The van der Waals surface area contributed by atoms with Gasteiger partial charge in [-0.25, -0.2) is 13.2 Å². The molecule has 2 heterocycles. The van der Waals surface area contributed by atoms with Gasteiger partial charge >= 0.3 is 5.97 Å². The molecule has 1 fully saturated rings. The lowest BCUT2D eigenvalue weighted by molar-refractivity contribution is 0.0694. The van der Waals surface area contributed by atoms with Crippen molar-refractivity contribution in [3.8, 4) is 0 Å². The van der Waals surface area contributed by atoms with E-state index < -0.39 is 21.4 Å². The number of hydrogen-bond acceptors (Lipinski definition) is 5. The standard InChI is InChI=1S/C23H22Cl2N2O5S/c1-23(2,18-5-3-14(24)11-16(18)22(28)29)21-17-12-15(25)4-6-19(17)26-13-20(21)33(30,31)27-7-9-32-10-8-27/h3-6,11-13H,7-10H2,1-2H3,(H,28,29). The molecule has 2 aromatic carbocycles. The maximum Gasteiger partial charge on any atom is 0.336 e. The van der Waals surface area contributed by atoms with Crippen LogP contribution in [0, 0.1) is 0 Å². The van der Waals surface area contributed by atoms with Gasteiger partial charge in [0, 0.05) is 40.1 Å². The molecule has 4 rings (SSSR count). The summed E-state index contributed by atoms with van der Waals surface area (Å²) in [5.41, 5.74) is 0.332. The number of fused-ring (bicyclic) bond motifs is 1. The lowest BCUT2D eigenvalue weighted by Gasteiger charge is -2.33. The zero-order chi connectivity index (χ0) is 24.0. The van der Waals surface area contributed by atoms with Crippen LogP contribution >= 0.6 is 23.2 Å². The van der Waals surface area contributed by atoms with Gasteiger partial charge in [-0.1, -0.05) is 43.1 Å². The van der Waals surface area contributed by atoms with Gasteiger partial charge in [-0.2, -0.15) is 4.31 Å². The first-order valence-corrected chi connectivity index (χ1v) is 12.4. The summed E-state index contributed by atoms with van der Waals surface area (Å²) in [6.45, 7) is 4.61. The van der Waals surface area contributed by atoms with Crippen molar-refractivity contribution in [1.82, 2.24) is 9.29 Å². The predicted molar refractivity (Wildman–Crippen MR) is 127 cm³/mol. The number of nitrogens with zero attached hydrogens (tertiary/aromatic N) is 2. The number of carboxylic acid groups (broad SMARTS) is 1. The predicted octanol–water partition coefficient (Wildman–Crippen LogP) is 4.59. The number of hydrogen-bond donors (Lipinski definition) is 1. The molecule has 0 amide bonds. The van der Waals surface area contributed by atoms with Gasteiger partial charge in [-0.05, 0) is 41.5 Å². The maximum absolute atomic E-state index is 13.7. The van der Waals surface area contributed by atoms with Gasteiger partial charge in [0.05, 0.1) is 24.3 Å². The maximum atomic E-state index is 13.7. The van der Waals surface area contributed by atoms with E-state index in [4.69, 9.17) is 27.9 Å². The van der Waals surface area contributed by atoms with Crippen LogP contribution < -0.4 is 0 Å². The number of ether oxygens (including phenoxy) is 1. The van der Waals surface area contributed by atoms with E-state index in [0.717, 1.165) is 0 Å². The molecule has 1 aliphatic heterocycles. The first kappa shape index (κ1) is 23.9. The third kappa shape index (κ3) is 4.34. The van der Waals surface area contributed by atoms with E-state index in [1.54, 1.807) is 44.2 Å². The van der Waals surface area contributed by atoms with E-state index in [0.29, 0.717) is 40.3 Å². The molecule has 0 aliphatic carbocycles. The van der Waals surface area contributed by atoms with E-state index >= 15 is 0 Å². The fraction of sp³-hybridized carbons (Fsp3) is 0.304. The summed E-state index contributed by atoms with van der Waals surface area (Å²) < 4.78 is 34.2. The molecule has 0 spiro atoms. The molecule has 1 aliphatic rings. The van der Waals surface area contributed by atoms with Crippen LogP contribution in [0.1, 0.15) is 35.3 Å². The lowest BCUT2D eigenvalue weighted by atomic mass is 9.75. The molecule has 3 aromatic rings. The van der Waals surface area contributed by atoms with Crippen molar-refractivity contribution in [1.29, 1.82) is 0 Å². The molecular formula is C23H22Cl2N2O5S. The average Bonchev–Trinajstić information content (AvgIpc) is 2.78. The number of carbonyl (C=O) groups is 1. The van der Waals surface area contributed by atoms with Crippen molar-refractivity contribution >= 4 is 50.1 Å². The average molecular weight is 509 g/mol. The molecular weight excluding hydrogens is 487 g/mol. The first-order valence-electron chi connectivity index (χ1n) is 10.2. The number of carboxylic acids is 1. The van der Waals surface area contributed by atoms with Crippen molar-refractivity contribution in [2.45, 2.75) is 24.2 Å². The fourth-order valence-electron chi connectivity index (χ4n) is 4.29. The van der Waals surface area contributed by atoms with Crippen LogP contribution in [0.15, 0.2) is 47.5 Å². The van der Waals surface area contributed by atoms with Gasteiger partial charge in [0.25, 0.3) is 0 Å². The molecule has 7 nitrogen and oxygen atoms in total. The van der Waals surface area contributed by atoms with E-state index in [1.165, 1.54) is 16.6 Å². The Kier molecular flexibility index (Phi) is 6.41. The SMILES string of the molecule is CC(C)(c1ccc(Cl)cc1C(=O)O)c1c(S(=O)(=O)N2CCOCC2)cnc2ccc(Cl)cc12. The molecule has 1 N–H and O–H groups in total. The van der Waals surface area contributed by atoms with E-state index in [-0.39, 0.29) is 28.6 Å². The third-order valence-corrected chi connectivity index (χ3v) is 8.27. The van der Waals surface area contributed by atoms with Gasteiger partial charge < -0.3 is 9.84 Å². The second-order valence-electron chi connectivity index (χ2n) is 8.30. The number of morpholine rings is 1. The minimum absolute atomic E-state index is 0.00536. The quantitative estimate of drug-likeness (QED) is 0.541. The Morgan fingerprint density at radius 2 is 1.73 bits per heavy atom. The zero-order valence-electron chi connectivity index (χ0n) is 18.0. The number of pyridine rings is 1. The van der Waals surface area contributed by atoms with Gasteiger partial charge in [0.15, 0.2) is 0 Å². The first-order chi connectivity index (χ1) is 15.5. The zero-order valence-corrected chi connectivity index (χ0v) is 20.3. The lowest BCUT2D eigenvalue weighted by Crippen LogP contribution is -2.41. The smallest absolute Gasteiger partial charge is 0.336 e. The summed E-state index contributed by atoms with van der Waals surface area (Å²) in [5, 5.41) is 11.1. The summed E-state index contributed by atoms with van der Waals surface area (Å²) in [7, 11) is -3.96. The molecule has 1 saturated heterocycles. The molecule has 1 aromatic heterocycles. The number of sulfonamides is 1. The highest BCUT2D eigenvalue weighted by Crippen LogP contribution is 2.42. The van der Waals surface area contributed by atoms with E-state index in [2.05, 4.69) is 4.98 Å². The highest BCUT2D eigenvalue weighted by Gasteiger charge is 2.38. The number of benzene rings is 2. The summed E-state index contributed by atoms with van der Waals surface area (Å²) in [6.07, 6.45) is 1.34. The van der Waals surface area contributed by atoms with Crippen LogP contribution in [-0.2, 0) is 20.2 Å². The summed E-state index contributed by atoms with van der Waals surface area (Å²) in [6, 6.07) is 9.63. The summed E-state index contributed by atoms with van der Waals surface area (Å²) >= 11 is 12.4.